The van der Waals surface area contributed by atoms with Gasteiger partial charge in [0.15, 0.2) is 0 Å². The normalized spacial score (nSPS) is 20.6. The number of carbonyl (C=O) groups is 1. The second-order valence-electron chi connectivity index (χ2n) is 3.89. The van der Waals surface area contributed by atoms with Crippen LogP contribution in [0, 0.1) is 5.92 Å². The van der Waals surface area contributed by atoms with Crippen molar-refractivity contribution in [3.63, 3.8) is 0 Å². The van der Waals surface area contributed by atoms with E-state index in [0.717, 1.165) is 18.5 Å². The Kier molecular flexibility index (Phi) is 3.20. The van der Waals surface area contributed by atoms with Gasteiger partial charge in [-0.2, -0.15) is 0 Å². The fourth-order valence-corrected chi connectivity index (χ4v) is 1.83. The van der Waals surface area contributed by atoms with Crippen LogP contribution in [0.3, 0.4) is 0 Å². The highest BCUT2D eigenvalue weighted by atomic mass is 16.2. The number of hydrogen-bond acceptors (Lipinski definition) is 1. The van der Waals surface area contributed by atoms with Crippen LogP contribution in [0.2, 0.25) is 0 Å². The summed E-state index contributed by atoms with van der Waals surface area (Å²) in [4.78, 5) is 13.5. The van der Waals surface area contributed by atoms with Gasteiger partial charge in [0.2, 0.25) is 5.91 Å². The minimum absolute atomic E-state index is 0.000392. The highest BCUT2D eigenvalue weighted by Crippen LogP contribution is 2.19. The first-order valence-electron chi connectivity index (χ1n) is 5.47. The minimum atomic E-state index is 0.000392. The van der Waals surface area contributed by atoms with Gasteiger partial charge in [0.1, 0.15) is 0 Å². The average molecular weight is 213 g/mol. The van der Waals surface area contributed by atoms with Crippen LogP contribution in [0.1, 0.15) is 12.0 Å². The van der Waals surface area contributed by atoms with E-state index < -0.39 is 0 Å². The molecule has 0 radical (unpaired) electrons. The van der Waals surface area contributed by atoms with E-state index >= 15 is 0 Å². The van der Waals surface area contributed by atoms with Crippen molar-refractivity contribution in [2.45, 2.75) is 6.42 Å². The van der Waals surface area contributed by atoms with Gasteiger partial charge in [-0.25, -0.2) is 0 Å². The monoisotopic (exact) mass is 213 g/mol. The van der Waals surface area contributed by atoms with Crippen molar-refractivity contribution in [2.24, 2.45) is 5.92 Å². The van der Waals surface area contributed by atoms with Crippen LogP contribution in [-0.4, -0.2) is 17.4 Å². The fraction of sp³-hybridized carbons (Fsp3) is 0.214. The molecule has 1 saturated heterocycles. The summed E-state index contributed by atoms with van der Waals surface area (Å²) in [5, 5.41) is 0. The highest BCUT2D eigenvalue weighted by Gasteiger charge is 2.27. The zero-order chi connectivity index (χ0) is 11.4. The zero-order valence-corrected chi connectivity index (χ0v) is 9.17. The number of likely N-dealkylation sites (tertiary alicyclic amines) is 1. The molecular weight excluding hydrogens is 198 g/mol. The van der Waals surface area contributed by atoms with Crippen LogP contribution in [-0.2, 0) is 4.79 Å². The summed E-state index contributed by atoms with van der Waals surface area (Å²) in [6.45, 7) is 4.46. The van der Waals surface area contributed by atoms with E-state index in [2.05, 4.69) is 6.58 Å². The van der Waals surface area contributed by atoms with E-state index in [9.17, 15) is 4.79 Å². The molecular formula is C14H15NO. The summed E-state index contributed by atoms with van der Waals surface area (Å²) in [7, 11) is 0. The molecule has 0 bridgehead atoms. The van der Waals surface area contributed by atoms with Crippen molar-refractivity contribution in [2.75, 3.05) is 6.54 Å². The van der Waals surface area contributed by atoms with Crippen molar-refractivity contribution in [1.82, 2.24) is 4.90 Å². The van der Waals surface area contributed by atoms with Gasteiger partial charge >= 0.3 is 0 Å². The molecule has 82 valence electrons. The topological polar surface area (TPSA) is 20.3 Å². The Balaban J connectivity index is 2.04. The van der Waals surface area contributed by atoms with Crippen molar-refractivity contribution < 1.29 is 4.79 Å². The number of carbonyl (C=O) groups excluding carboxylic acids is 1. The third-order valence-electron chi connectivity index (χ3n) is 2.81. The van der Waals surface area contributed by atoms with Crippen molar-refractivity contribution in [1.29, 1.82) is 0 Å². The lowest BCUT2D eigenvalue weighted by molar-refractivity contribution is -0.127. The van der Waals surface area contributed by atoms with Crippen molar-refractivity contribution in [3.8, 4) is 0 Å². The molecule has 1 aromatic rings. The predicted molar refractivity (Wildman–Crippen MR) is 65.5 cm³/mol. The maximum Gasteiger partial charge on any atom is 0.233 e. The Hall–Kier alpha value is -1.83. The lowest BCUT2D eigenvalue weighted by Crippen LogP contribution is -2.20. The zero-order valence-electron chi connectivity index (χ0n) is 9.17. The maximum absolute atomic E-state index is 11.8. The van der Waals surface area contributed by atoms with Crippen LogP contribution >= 0.6 is 0 Å². The van der Waals surface area contributed by atoms with E-state index in [1.54, 1.807) is 11.0 Å². The standard InChI is InChI=1S/C14H15NO/c1-2-13-9-11-15(14(13)16)10-8-12-6-4-3-5-7-12/h2-8,10,13H,1,9,11H2. The first kappa shape index (κ1) is 10.7. The summed E-state index contributed by atoms with van der Waals surface area (Å²) >= 11 is 0. The summed E-state index contributed by atoms with van der Waals surface area (Å²) in [5.41, 5.74) is 1.11. The van der Waals surface area contributed by atoms with Gasteiger partial charge in [0.25, 0.3) is 0 Å². The van der Waals surface area contributed by atoms with Crippen LogP contribution in [0.5, 0.6) is 0 Å². The van der Waals surface area contributed by atoms with Gasteiger partial charge in [-0.1, -0.05) is 36.4 Å². The number of rotatable bonds is 3. The lowest BCUT2D eigenvalue weighted by atomic mass is 10.1. The third-order valence-corrected chi connectivity index (χ3v) is 2.81. The van der Waals surface area contributed by atoms with Crippen LogP contribution in [0.25, 0.3) is 6.08 Å². The van der Waals surface area contributed by atoms with Crippen LogP contribution in [0.4, 0.5) is 0 Å². The van der Waals surface area contributed by atoms with Crippen molar-refractivity contribution >= 4 is 12.0 Å². The summed E-state index contributed by atoms with van der Waals surface area (Å²) < 4.78 is 0. The predicted octanol–water partition coefficient (Wildman–Crippen LogP) is 2.69. The fourth-order valence-electron chi connectivity index (χ4n) is 1.83. The Labute approximate surface area is 95.9 Å². The maximum atomic E-state index is 11.8. The molecule has 0 spiro atoms. The van der Waals surface area contributed by atoms with Gasteiger partial charge < -0.3 is 4.90 Å². The molecule has 1 aromatic carbocycles. The van der Waals surface area contributed by atoms with Gasteiger partial charge in [0.05, 0.1) is 5.92 Å². The first-order chi connectivity index (χ1) is 7.81. The molecule has 1 amide bonds. The molecule has 1 fully saturated rings. The number of hydrogen-bond donors (Lipinski definition) is 0. The molecule has 16 heavy (non-hydrogen) atoms. The smallest absolute Gasteiger partial charge is 0.233 e. The molecule has 2 rings (SSSR count). The molecule has 1 aliphatic heterocycles. The van der Waals surface area contributed by atoms with E-state index in [4.69, 9.17) is 0 Å². The largest absolute Gasteiger partial charge is 0.319 e. The second kappa shape index (κ2) is 4.79. The highest BCUT2D eigenvalue weighted by molar-refractivity contribution is 5.84. The number of nitrogens with zero attached hydrogens (tertiary/aromatic N) is 1. The number of amides is 1. The Morgan fingerprint density at radius 3 is 2.69 bits per heavy atom. The first-order valence-corrected chi connectivity index (χ1v) is 5.47. The Morgan fingerprint density at radius 2 is 2.06 bits per heavy atom. The molecule has 0 N–H and O–H groups in total. The Bertz CT molecular complexity index is 408. The summed E-state index contributed by atoms with van der Waals surface area (Å²) in [5.74, 6) is 0.155. The van der Waals surface area contributed by atoms with Crippen LogP contribution < -0.4 is 0 Å². The summed E-state index contributed by atoms with van der Waals surface area (Å²) in [6, 6.07) is 9.98. The van der Waals surface area contributed by atoms with Crippen molar-refractivity contribution in [3.05, 3.63) is 54.8 Å². The lowest BCUT2D eigenvalue weighted by Gasteiger charge is -2.09. The van der Waals surface area contributed by atoms with Gasteiger partial charge in [-0.15, -0.1) is 6.58 Å². The van der Waals surface area contributed by atoms with Crippen LogP contribution in [0.15, 0.2) is 49.2 Å². The minimum Gasteiger partial charge on any atom is -0.319 e. The van der Waals surface area contributed by atoms with Gasteiger partial charge in [-0.05, 0) is 18.1 Å². The molecule has 0 aromatic heterocycles. The Morgan fingerprint density at radius 1 is 1.31 bits per heavy atom. The second-order valence-corrected chi connectivity index (χ2v) is 3.89. The van der Waals surface area contributed by atoms with E-state index in [1.807, 2.05) is 42.6 Å². The molecule has 1 atom stereocenters. The van der Waals surface area contributed by atoms with E-state index in [0.29, 0.717) is 0 Å². The van der Waals surface area contributed by atoms with Gasteiger partial charge in [-0.3, -0.25) is 4.79 Å². The quantitative estimate of drug-likeness (QED) is 0.707. The SMILES string of the molecule is C=CC1CCN(C=Cc2ccccc2)C1=O. The van der Waals surface area contributed by atoms with Gasteiger partial charge in [0, 0.05) is 12.7 Å². The third kappa shape index (κ3) is 2.22. The average Bonchev–Trinajstić information content (AvgIpc) is 2.69. The molecule has 2 heteroatoms. The molecule has 0 saturated carbocycles. The molecule has 1 heterocycles. The molecule has 1 unspecified atom stereocenters. The van der Waals surface area contributed by atoms with E-state index in [1.165, 1.54) is 0 Å². The number of benzene rings is 1. The summed E-state index contributed by atoms with van der Waals surface area (Å²) in [6.07, 6.45) is 6.44. The van der Waals surface area contributed by atoms with E-state index in [-0.39, 0.29) is 11.8 Å². The molecule has 2 nitrogen and oxygen atoms in total. The molecule has 0 aliphatic carbocycles. The molecule has 1 aliphatic rings.